The highest BCUT2D eigenvalue weighted by molar-refractivity contribution is 6.19. The molecule has 0 amide bonds. The zero-order chi connectivity index (χ0) is 41.8. The van der Waals surface area contributed by atoms with Gasteiger partial charge in [0, 0.05) is 38.5 Å². The maximum Gasteiger partial charge on any atom is 0.143 e. The van der Waals surface area contributed by atoms with Gasteiger partial charge in [-0.25, -0.2) is 0 Å². The Morgan fingerprint density at radius 1 is 0.396 bits per heavy atom. The van der Waals surface area contributed by atoms with E-state index in [1.54, 1.807) is 36.4 Å². The van der Waals surface area contributed by atoms with Gasteiger partial charge in [0.2, 0.25) is 0 Å². The number of nitrogens with zero attached hydrogens (tertiary/aromatic N) is 1. The normalized spacial score (nSPS) is 13.9. The van der Waals surface area contributed by atoms with Crippen LogP contribution in [0.5, 0.6) is 0 Å². The molecule has 2 heterocycles. The summed E-state index contributed by atoms with van der Waals surface area (Å²) in [4.78, 5) is 1.35. The number of fused-ring (bicyclic) bond motifs is 9. The maximum absolute atomic E-state index is 9.71. The lowest BCUT2D eigenvalue weighted by Gasteiger charge is -2.26. The molecule has 11 aromatic rings. The van der Waals surface area contributed by atoms with Crippen molar-refractivity contribution in [2.45, 2.75) is 0 Å². The van der Waals surface area contributed by atoms with Crippen LogP contribution in [-0.4, -0.2) is 0 Å². The molecule has 2 aromatic heterocycles. The van der Waals surface area contributed by atoms with Gasteiger partial charge in [0.15, 0.2) is 0 Å². The second-order valence-electron chi connectivity index (χ2n) is 13.0. The first-order valence-corrected chi connectivity index (χ1v) is 17.4. The first kappa shape index (κ1) is 22.7. The highest BCUT2D eigenvalue weighted by Gasteiger charge is 2.21. The maximum atomic E-state index is 9.71. The number of furan rings is 2. The van der Waals surface area contributed by atoms with Gasteiger partial charge in [0.25, 0.3) is 0 Å². The zero-order valence-electron chi connectivity index (χ0n) is 36.0. The molecule has 0 aliphatic rings. The number of anilines is 3. The minimum absolute atomic E-state index is 0.0213. The lowest BCUT2D eigenvalue weighted by atomic mass is 10.00. The van der Waals surface area contributed by atoms with Crippen LogP contribution in [0.15, 0.2) is 197 Å². The molecule has 0 aliphatic heterocycles. The smallest absolute Gasteiger partial charge is 0.143 e. The Morgan fingerprint density at radius 3 is 1.85 bits per heavy atom. The summed E-state index contributed by atoms with van der Waals surface area (Å²) in [7, 11) is 0. The minimum atomic E-state index is -0.449. The van der Waals surface area contributed by atoms with Crippen molar-refractivity contribution in [2.24, 2.45) is 0 Å². The molecule has 53 heavy (non-hydrogen) atoms. The monoisotopic (exact) mass is 685 g/mol. The molecular formula is C50H31NO2. The predicted molar refractivity (Wildman–Crippen MR) is 222 cm³/mol. The van der Waals surface area contributed by atoms with Gasteiger partial charge in [-0.2, -0.15) is 0 Å². The van der Waals surface area contributed by atoms with E-state index in [0.717, 1.165) is 32.3 Å². The van der Waals surface area contributed by atoms with Crippen LogP contribution in [-0.2, 0) is 0 Å². The second kappa shape index (κ2) is 11.7. The van der Waals surface area contributed by atoms with E-state index >= 15 is 0 Å². The average Bonchev–Trinajstić information content (AvgIpc) is 3.87. The van der Waals surface area contributed by atoms with E-state index in [4.69, 9.17) is 8.83 Å². The van der Waals surface area contributed by atoms with E-state index < -0.39 is 24.2 Å². The minimum Gasteiger partial charge on any atom is -0.455 e. The number of hydrogen-bond acceptors (Lipinski definition) is 3. The Balaban J connectivity index is 1.22. The molecule has 11 rings (SSSR count). The van der Waals surface area contributed by atoms with E-state index in [-0.39, 0.29) is 46.7 Å². The van der Waals surface area contributed by atoms with Crippen molar-refractivity contribution >= 4 is 82.5 Å². The third-order valence-corrected chi connectivity index (χ3v) is 9.99. The summed E-state index contributed by atoms with van der Waals surface area (Å²) in [5.41, 5.74) is 2.85. The van der Waals surface area contributed by atoms with Gasteiger partial charge in [-0.3, -0.25) is 0 Å². The average molecular weight is 686 g/mol. The first-order valence-electron chi connectivity index (χ1n) is 21.4. The lowest BCUT2D eigenvalue weighted by Crippen LogP contribution is -2.10. The summed E-state index contributed by atoms with van der Waals surface area (Å²) < 4.78 is 89.5. The fourth-order valence-corrected chi connectivity index (χ4v) is 7.48. The van der Waals surface area contributed by atoms with Gasteiger partial charge in [-0.05, 0) is 87.4 Å². The fourth-order valence-electron chi connectivity index (χ4n) is 7.48. The summed E-state index contributed by atoms with van der Waals surface area (Å²) in [5, 5.41) is 6.46. The first-order chi connectivity index (χ1) is 29.6. The molecule has 0 atom stereocenters. The predicted octanol–water partition coefficient (Wildman–Crippen LogP) is 14.6. The molecule has 3 heteroatoms. The molecule has 0 unspecified atom stereocenters. The third kappa shape index (κ3) is 4.75. The van der Waals surface area contributed by atoms with E-state index in [0.29, 0.717) is 49.9 Å². The highest BCUT2D eigenvalue weighted by atomic mass is 16.3. The van der Waals surface area contributed by atoms with Crippen LogP contribution in [0, 0.1) is 0 Å². The van der Waals surface area contributed by atoms with Crippen molar-refractivity contribution < 1.29 is 19.8 Å². The van der Waals surface area contributed by atoms with Gasteiger partial charge in [0.05, 0.1) is 22.0 Å². The van der Waals surface area contributed by atoms with Crippen LogP contribution in [0.2, 0.25) is 0 Å². The second-order valence-corrected chi connectivity index (χ2v) is 13.0. The summed E-state index contributed by atoms with van der Waals surface area (Å²) >= 11 is 0. The molecule has 248 valence electrons. The zero-order valence-corrected chi connectivity index (χ0v) is 28.0. The van der Waals surface area contributed by atoms with Gasteiger partial charge in [-0.1, -0.05) is 133 Å². The molecule has 9 aromatic carbocycles. The van der Waals surface area contributed by atoms with E-state index in [1.165, 1.54) is 4.90 Å². The Kier molecular flexibility index (Phi) is 5.01. The summed E-state index contributed by atoms with van der Waals surface area (Å²) in [6.07, 6.45) is 0. The molecule has 0 radical (unpaired) electrons. The molecule has 0 spiro atoms. The Hall–Kier alpha value is -7.10. The Morgan fingerprint density at radius 2 is 1.02 bits per heavy atom. The SMILES string of the molecule is [2H]c1c([2H])c(N(c2c([2H])c([2H])c(-c3cccc4c3oc3ccccc34)c([2H])c2[2H])c2cccc3oc4c5ccccc5ccc4c23)c([2H])c([2H])c1-c1ccc2ccccc2c1. The molecule has 0 N–H and O–H groups in total. The largest absolute Gasteiger partial charge is 0.455 e. The van der Waals surface area contributed by atoms with Gasteiger partial charge in [0.1, 0.15) is 22.3 Å². The van der Waals surface area contributed by atoms with Crippen LogP contribution in [0.1, 0.15) is 11.0 Å². The van der Waals surface area contributed by atoms with Crippen molar-refractivity contribution in [2.75, 3.05) is 4.90 Å². The molecule has 3 nitrogen and oxygen atoms in total. The van der Waals surface area contributed by atoms with E-state index in [2.05, 4.69) is 0 Å². The summed E-state index contributed by atoms with van der Waals surface area (Å²) in [6.45, 7) is 0. The van der Waals surface area contributed by atoms with Crippen molar-refractivity contribution in [1.29, 1.82) is 0 Å². The van der Waals surface area contributed by atoms with Crippen LogP contribution in [0.25, 0.3) is 87.7 Å². The number of benzene rings is 9. The highest BCUT2D eigenvalue weighted by Crippen LogP contribution is 2.45. The molecular weight excluding hydrogens is 647 g/mol. The summed E-state index contributed by atoms with van der Waals surface area (Å²) in [5.74, 6) is 0. The Labute approximate surface area is 316 Å². The van der Waals surface area contributed by atoms with Crippen LogP contribution in [0.4, 0.5) is 17.1 Å². The van der Waals surface area contributed by atoms with Crippen molar-refractivity contribution in [3.05, 3.63) is 188 Å². The Bertz CT molecular complexity index is 3610. The van der Waals surface area contributed by atoms with Crippen molar-refractivity contribution in [3.63, 3.8) is 0 Å². The third-order valence-electron chi connectivity index (χ3n) is 9.99. The number of rotatable bonds is 5. The van der Waals surface area contributed by atoms with Crippen molar-refractivity contribution in [3.8, 4) is 22.3 Å². The van der Waals surface area contributed by atoms with Crippen LogP contribution < -0.4 is 4.90 Å². The number of hydrogen-bond donors (Lipinski definition) is 0. The van der Waals surface area contributed by atoms with Crippen molar-refractivity contribution in [1.82, 2.24) is 0 Å². The standard InChI is InChI=1S/C50H31NO2/c1-2-11-36-31-37(20-19-32(36)9-1)33-21-26-38(27-22-33)51(45-16-8-18-47-48(45)44-30-25-34-10-3-4-12-40(34)50(44)53-47)39-28-23-35(24-29-39)41-14-7-15-43-42-13-5-6-17-46(42)52-49(41)43/h1-31H/i21D,22D,23D,24D,26D,27D,28D,29D. The molecule has 0 aliphatic carbocycles. The van der Waals surface area contributed by atoms with Gasteiger partial charge in [-0.15, -0.1) is 0 Å². The lowest BCUT2D eigenvalue weighted by molar-refractivity contribution is 0.670. The van der Waals surface area contributed by atoms with Crippen LogP contribution in [0.3, 0.4) is 0 Å². The molecule has 0 saturated heterocycles. The van der Waals surface area contributed by atoms with E-state index in [9.17, 15) is 11.0 Å². The summed E-state index contributed by atoms with van der Waals surface area (Å²) in [6, 6.07) is 39.9. The molecule has 0 bridgehead atoms. The fraction of sp³-hybridized carbons (Fsp3) is 0. The van der Waals surface area contributed by atoms with Gasteiger partial charge >= 0.3 is 0 Å². The topological polar surface area (TPSA) is 29.5 Å². The molecule has 0 fully saturated rings. The van der Waals surface area contributed by atoms with E-state index in [1.807, 2.05) is 103 Å². The van der Waals surface area contributed by atoms with Crippen LogP contribution >= 0.6 is 0 Å². The number of para-hydroxylation sites is 2. The quantitative estimate of drug-likeness (QED) is 0.181. The van der Waals surface area contributed by atoms with Gasteiger partial charge < -0.3 is 13.7 Å². The molecule has 0 saturated carbocycles.